The Kier molecular flexibility index (Phi) is 2.52. The van der Waals surface area contributed by atoms with Crippen LogP contribution in [0.5, 0.6) is 0 Å². The minimum absolute atomic E-state index is 0.0197. The molecule has 3 heterocycles. The standard InChI is InChI=1S/C43H28N2OS/c1-43(2)35-15-5-3-11-30(35)31-19-17-26(23-36(31)43)25-18-20-37-34(22-25)40-41(46-37)39(44-24-45-40)28-10-7-9-27(21-28)29-13-8-14-33-32-12-4-6-16-38(32)47-42(29)33/h3-24H,1-2H3/i1D3,2D3,3D,4D,5D,6D,7D,8D,9D,10D,11D,12D,13D,14D,15D,16D,17D,19D,21D,23D. The van der Waals surface area contributed by atoms with E-state index in [0.29, 0.717) is 0 Å². The molecule has 6 aromatic carbocycles. The van der Waals surface area contributed by atoms with Gasteiger partial charge in [-0.2, -0.15) is 0 Å². The predicted molar refractivity (Wildman–Crippen MR) is 196 cm³/mol. The first-order valence-electron chi connectivity index (χ1n) is 26.0. The Labute approximate surface area is 309 Å². The average molecular weight is 645 g/mol. The molecule has 0 amide bonds. The van der Waals surface area contributed by atoms with Gasteiger partial charge in [0.1, 0.15) is 23.1 Å². The van der Waals surface area contributed by atoms with Crippen LogP contribution in [0.2, 0.25) is 0 Å². The fourth-order valence-electron chi connectivity index (χ4n) is 5.93. The van der Waals surface area contributed by atoms with E-state index >= 15 is 0 Å². The summed E-state index contributed by atoms with van der Waals surface area (Å²) < 4.78 is 217. The molecule has 0 aliphatic heterocycles. The molecule has 0 N–H and O–H groups in total. The largest absolute Gasteiger partial charge is 0.452 e. The van der Waals surface area contributed by atoms with Gasteiger partial charge in [0, 0.05) is 44.8 Å². The fourth-order valence-corrected chi connectivity index (χ4v) is 7.00. The summed E-state index contributed by atoms with van der Waals surface area (Å²) in [6.07, 6.45) is 1.02. The number of furan rings is 1. The first kappa shape index (κ1) is 12.2. The van der Waals surface area contributed by atoms with Gasteiger partial charge in [0.25, 0.3) is 0 Å². The Morgan fingerprint density at radius 1 is 0.660 bits per heavy atom. The molecule has 4 heteroatoms. The fraction of sp³-hybridized carbons (Fsp3) is 0.0698. The van der Waals surface area contributed by atoms with E-state index in [1.54, 1.807) is 0 Å². The second-order valence-electron chi connectivity index (χ2n) is 10.7. The zero-order chi connectivity index (χ0) is 51.9. The van der Waals surface area contributed by atoms with E-state index in [9.17, 15) is 5.48 Å². The van der Waals surface area contributed by atoms with E-state index in [4.69, 9.17) is 31.8 Å². The van der Waals surface area contributed by atoms with Crippen molar-refractivity contribution in [3.63, 3.8) is 0 Å². The second-order valence-corrected chi connectivity index (χ2v) is 11.7. The van der Waals surface area contributed by atoms with Crippen molar-refractivity contribution in [3.8, 4) is 44.6 Å². The number of nitrogens with zero attached hydrogens (tertiary/aromatic N) is 2. The van der Waals surface area contributed by atoms with Crippen LogP contribution in [-0.2, 0) is 5.41 Å². The van der Waals surface area contributed by atoms with Gasteiger partial charge < -0.3 is 4.42 Å². The third-order valence-electron chi connectivity index (χ3n) is 8.09. The highest BCUT2D eigenvalue weighted by atomic mass is 32.1. The van der Waals surface area contributed by atoms with Crippen molar-refractivity contribution in [2.75, 3.05) is 0 Å². The first-order chi connectivity index (χ1) is 33.1. The molecule has 1 aliphatic rings. The molecular formula is C43H28N2OS. The first-order valence-corrected chi connectivity index (χ1v) is 14.8. The number of hydrogen-bond donors (Lipinski definition) is 0. The van der Waals surface area contributed by atoms with Crippen LogP contribution < -0.4 is 0 Å². The molecule has 0 saturated carbocycles. The molecule has 0 radical (unpaired) electrons. The lowest BCUT2D eigenvalue weighted by atomic mass is 9.81. The number of aromatic nitrogens is 2. The molecule has 10 rings (SSSR count). The van der Waals surface area contributed by atoms with E-state index in [-0.39, 0.29) is 59.1 Å². The highest BCUT2D eigenvalue weighted by Crippen LogP contribution is 2.50. The molecular weight excluding hydrogens is 593 g/mol. The van der Waals surface area contributed by atoms with Gasteiger partial charge in [-0.25, -0.2) is 9.97 Å². The molecule has 0 atom stereocenters. The third kappa shape index (κ3) is 3.85. The van der Waals surface area contributed by atoms with Crippen molar-refractivity contribution in [2.45, 2.75) is 19.1 Å². The Balaban J connectivity index is 1.23. The molecule has 3 aromatic heterocycles. The molecule has 0 spiro atoms. The summed E-state index contributed by atoms with van der Waals surface area (Å²) in [5.41, 5.74) is -8.34. The van der Waals surface area contributed by atoms with Gasteiger partial charge in [-0.1, -0.05) is 110 Å². The lowest BCUT2D eigenvalue weighted by Gasteiger charge is -2.22. The normalized spacial score (nSPS) is 21.3. The molecule has 9 aromatic rings. The predicted octanol–water partition coefficient (Wildman–Crippen LogP) is 12.1. The summed E-state index contributed by atoms with van der Waals surface area (Å²) in [6.45, 7) is -7.25. The van der Waals surface area contributed by atoms with Gasteiger partial charge in [0.15, 0.2) is 5.58 Å². The van der Waals surface area contributed by atoms with Crippen molar-refractivity contribution in [3.05, 3.63) is 144 Å². The summed E-state index contributed by atoms with van der Waals surface area (Å²) in [6, 6.07) is -8.97. The maximum absolute atomic E-state index is 9.56. The summed E-state index contributed by atoms with van der Waals surface area (Å²) >= 11 is 0.749. The highest BCUT2D eigenvalue weighted by Gasteiger charge is 2.35. The minimum Gasteiger partial charge on any atom is -0.452 e. The van der Waals surface area contributed by atoms with Gasteiger partial charge in [0.2, 0.25) is 0 Å². The summed E-state index contributed by atoms with van der Waals surface area (Å²) in [7, 11) is 0. The topological polar surface area (TPSA) is 38.9 Å². The number of benzene rings is 6. The Bertz CT molecular complexity index is 3950. The van der Waals surface area contributed by atoms with Crippen molar-refractivity contribution < 1.29 is 37.3 Å². The van der Waals surface area contributed by atoms with Crippen LogP contribution >= 0.6 is 11.3 Å². The lowest BCUT2D eigenvalue weighted by molar-refractivity contribution is 0.660. The van der Waals surface area contributed by atoms with Crippen LogP contribution in [0.3, 0.4) is 0 Å². The number of rotatable bonds is 3. The van der Waals surface area contributed by atoms with Crippen LogP contribution in [-0.4, -0.2) is 9.97 Å². The molecule has 0 fully saturated rings. The SMILES string of the molecule is [2H]c1c([2H])c(-c2ncnc3c2oc2ccc(-c4c([2H])c([2H])c5c(c4[2H])C(C([2H])([2H])[2H])(C([2H])([2H])[2H])c4c([2H])c([2H])c([2H])c([2H])c4-5)cc23)c([2H])c(-c2c([2H])c([2H])c([2H])c3c2sc2c([2H])c([2H])c([2H])c([2H])c23)c1[2H]. The van der Waals surface area contributed by atoms with E-state index in [2.05, 4.69) is 9.97 Å². The van der Waals surface area contributed by atoms with Gasteiger partial charge in [0.05, 0.1) is 24.7 Å². The van der Waals surface area contributed by atoms with Crippen LogP contribution in [0, 0.1) is 0 Å². The monoisotopic (exact) mass is 644 g/mol. The quantitative estimate of drug-likeness (QED) is 0.192. The zero-order valence-electron chi connectivity index (χ0n) is 47.5. The van der Waals surface area contributed by atoms with Crippen molar-refractivity contribution in [1.29, 1.82) is 0 Å². The molecule has 222 valence electrons. The van der Waals surface area contributed by atoms with Crippen LogP contribution in [0.4, 0.5) is 0 Å². The minimum atomic E-state index is -3.63. The van der Waals surface area contributed by atoms with Crippen molar-refractivity contribution in [1.82, 2.24) is 9.97 Å². The zero-order valence-corrected chi connectivity index (χ0v) is 24.3. The highest BCUT2D eigenvalue weighted by molar-refractivity contribution is 7.26. The van der Waals surface area contributed by atoms with Crippen molar-refractivity contribution >= 4 is 53.6 Å². The molecule has 0 unspecified atom stereocenters. The van der Waals surface area contributed by atoms with Gasteiger partial charge in [-0.15, -0.1) is 11.3 Å². The third-order valence-corrected chi connectivity index (χ3v) is 9.21. The smallest absolute Gasteiger partial charge is 0.180 e. The van der Waals surface area contributed by atoms with Gasteiger partial charge >= 0.3 is 0 Å². The average Bonchev–Trinajstić information content (AvgIpc) is 4.00. The Morgan fingerprint density at radius 3 is 2.43 bits per heavy atom. The van der Waals surface area contributed by atoms with E-state index in [0.717, 1.165) is 17.7 Å². The molecule has 47 heavy (non-hydrogen) atoms. The van der Waals surface area contributed by atoms with Crippen LogP contribution in [0.1, 0.15) is 57.7 Å². The lowest BCUT2D eigenvalue weighted by Crippen LogP contribution is -2.14. The number of hydrogen-bond acceptors (Lipinski definition) is 4. The summed E-state index contributed by atoms with van der Waals surface area (Å²) in [5, 5.41) is -0.142. The van der Waals surface area contributed by atoms with Crippen molar-refractivity contribution in [2.24, 2.45) is 0 Å². The van der Waals surface area contributed by atoms with E-state index < -0.39 is 167 Å². The molecule has 0 saturated heterocycles. The second kappa shape index (κ2) is 9.71. The maximum Gasteiger partial charge on any atom is 0.180 e. The maximum atomic E-state index is 9.56. The van der Waals surface area contributed by atoms with Gasteiger partial charge in [-0.05, 0) is 74.8 Å². The summed E-state index contributed by atoms with van der Waals surface area (Å²) in [4.78, 5) is 8.68. The van der Waals surface area contributed by atoms with E-state index in [1.165, 1.54) is 18.2 Å². The molecule has 3 nitrogen and oxygen atoms in total. The number of thiophene rings is 1. The Morgan fingerprint density at radius 2 is 1.47 bits per heavy atom. The molecule has 0 bridgehead atoms. The number of fused-ring (bicyclic) bond motifs is 9. The van der Waals surface area contributed by atoms with Crippen LogP contribution in [0.25, 0.3) is 86.9 Å². The molecule has 1 aliphatic carbocycles. The summed E-state index contributed by atoms with van der Waals surface area (Å²) in [5.74, 6) is 0. The van der Waals surface area contributed by atoms with Gasteiger partial charge in [-0.3, -0.25) is 0 Å². The Hall–Kier alpha value is -5.58. The van der Waals surface area contributed by atoms with Crippen LogP contribution in [0.15, 0.2) is 138 Å². The van der Waals surface area contributed by atoms with E-state index in [1.807, 2.05) is 0 Å².